The summed E-state index contributed by atoms with van der Waals surface area (Å²) in [5.41, 5.74) is -0.177. The zero-order valence-electron chi connectivity index (χ0n) is 13.6. The first-order valence-corrected chi connectivity index (χ1v) is 7.83. The lowest BCUT2D eigenvalue weighted by atomic mass is 10.3. The molecule has 0 unspecified atom stereocenters. The van der Waals surface area contributed by atoms with Gasteiger partial charge in [0.15, 0.2) is 12.8 Å². The maximum absolute atomic E-state index is 11.9. The third-order valence-corrected chi connectivity index (χ3v) is 3.55. The Morgan fingerprint density at radius 2 is 1.92 bits per heavy atom. The van der Waals surface area contributed by atoms with Crippen molar-refractivity contribution in [3.63, 3.8) is 0 Å². The Balaban J connectivity index is 1.73. The van der Waals surface area contributed by atoms with Crippen LogP contribution in [0.2, 0.25) is 5.02 Å². The first-order chi connectivity index (χ1) is 12.0. The molecule has 2 aromatic rings. The minimum absolute atomic E-state index is 0.177. The molecular formula is C17H17ClN2O5. The van der Waals surface area contributed by atoms with E-state index in [2.05, 4.69) is 0 Å². The molecule has 0 aliphatic heterocycles. The molecule has 0 fully saturated rings. The molecule has 0 aliphatic rings. The van der Waals surface area contributed by atoms with Gasteiger partial charge in [-0.15, -0.1) is 0 Å². The number of halogens is 1. The van der Waals surface area contributed by atoms with Crippen LogP contribution in [0.4, 0.5) is 0 Å². The lowest BCUT2D eigenvalue weighted by Gasteiger charge is -2.17. The molecule has 1 aromatic carbocycles. The number of carbonyl (C=O) groups excluding carboxylic acids is 2. The van der Waals surface area contributed by atoms with E-state index < -0.39 is 18.5 Å². The van der Waals surface area contributed by atoms with Gasteiger partial charge in [-0.2, -0.15) is 4.73 Å². The van der Waals surface area contributed by atoms with Crippen LogP contribution in [-0.4, -0.2) is 43.6 Å². The third-order valence-electron chi connectivity index (χ3n) is 3.29. The summed E-state index contributed by atoms with van der Waals surface area (Å²) in [5, 5.41) is 12.0. The van der Waals surface area contributed by atoms with Gasteiger partial charge in [0.1, 0.15) is 12.4 Å². The molecule has 1 heterocycles. The SMILES string of the molecule is CN(CCOc1ccc(Cl)cc1)C(=O)COC(=O)c1cccc[n+]1[O-]. The molecule has 0 saturated carbocycles. The van der Waals surface area contributed by atoms with Crippen LogP contribution < -0.4 is 9.47 Å². The van der Waals surface area contributed by atoms with Gasteiger partial charge in [0.25, 0.3) is 5.91 Å². The summed E-state index contributed by atoms with van der Waals surface area (Å²) in [5.74, 6) is -0.614. The van der Waals surface area contributed by atoms with Crippen molar-refractivity contribution in [3.05, 3.63) is 64.6 Å². The summed E-state index contributed by atoms with van der Waals surface area (Å²) in [7, 11) is 1.57. The predicted octanol–water partition coefficient (Wildman–Crippen LogP) is 1.67. The van der Waals surface area contributed by atoms with Crippen molar-refractivity contribution in [1.82, 2.24) is 4.90 Å². The number of hydrogen-bond donors (Lipinski definition) is 0. The van der Waals surface area contributed by atoms with E-state index in [4.69, 9.17) is 21.1 Å². The Kier molecular flexibility index (Phi) is 6.59. The number of benzene rings is 1. The number of aromatic nitrogens is 1. The fourth-order valence-electron chi connectivity index (χ4n) is 1.85. The summed E-state index contributed by atoms with van der Waals surface area (Å²) < 4.78 is 10.7. The minimum Gasteiger partial charge on any atom is -0.618 e. The van der Waals surface area contributed by atoms with Crippen molar-refractivity contribution in [2.24, 2.45) is 0 Å². The molecule has 1 aromatic heterocycles. The molecule has 8 heteroatoms. The molecule has 7 nitrogen and oxygen atoms in total. The number of pyridine rings is 1. The molecule has 0 atom stereocenters. The third kappa shape index (κ3) is 5.65. The molecule has 132 valence electrons. The number of carbonyl (C=O) groups is 2. The zero-order chi connectivity index (χ0) is 18.2. The summed E-state index contributed by atoms with van der Waals surface area (Å²) in [6.07, 6.45) is 1.18. The van der Waals surface area contributed by atoms with Gasteiger partial charge in [0.05, 0.1) is 6.54 Å². The predicted molar refractivity (Wildman–Crippen MR) is 90.3 cm³/mol. The maximum atomic E-state index is 11.9. The number of amides is 1. The molecule has 0 saturated heterocycles. The highest BCUT2D eigenvalue weighted by Crippen LogP contribution is 2.15. The first-order valence-electron chi connectivity index (χ1n) is 7.45. The van der Waals surface area contributed by atoms with Crippen LogP contribution in [0, 0.1) is 5.21 Å². The van der Waals surface area contributed by atoms with Crippen molar-refractivity contribution in [2.75, 3.05) is 26.8 Å². The molecule has 2 rings (SSSR count). The van der Waals surface area contributed by atoms with E-state index in [0.717, 1.165) is 0 Å². The Morgan fingerprint density at radius 1 is 1.20 bits per heavy atom. The fraction of sp³-hybridized carbons (Fsp3) is 0.235. The molecule has 0 spiro atoms. The molecular weight excluding hydrogens is 348 g/mol. The topological polar surface area (TPSA) is 82.8 Å². The summed E-state index contributed by atoms with van der Waals surface area (Å²) in [4.78, 5) is 25.1. The number of likely N-dealkylation sites (N-methyl/N-ethyl adjacent to an activating group) is 1. The second-order valence-electron chi connectivity index (χ2n) is 5.11. The zero-order valence-corrected chi connectivity index (χ0v) is 14.3. The second kappa shape index (κ2) is 8.89. The highest BCUT2D eigenvalue weighted by Gasteiger charge is 2.19. The van der Waals surface area contributed by atoms with Crippen LogP contribution in [0.25, 0.3) is 0 Å². The Labute approximate surface area is 149 Å². The van der Waals surface area contributed by atoms with Crippen molar-refractivity contribution < 1.29 is 23.8 Å². The molecule has 25 heavy (non-hydrogen) atoms. The Morgan fingerprint density at radius 3 is 2.60 bits per heavy atom. The lowest BCUT2D eigenvalue weighted by molar-refractivity contribution is -0.608. The average Bonchev–Trinajstić information content (AvgIpc) is 2.61. The summed E-state index contributed by atoms with van der Waals surface area (Å²) in [6, 6.07) is 11.2. The number of nitrogens with zero attached hydrogens (tertiary/aromatic N) is 2. The van der Waals surface area contributed by atoms with Gasteiger partial charge >= 0.3 is 11.7 Å². The number of ether oxygens (including phenoxy) is 2. The van der Waals surface area contributed by atoms with Gasteiger partial charge in [0.2, 0.25) is 0 Å². The normalized spacial score (nSPS) is 10.2. The molecule has 0 radical (unpaired) electrons. The van der Waals surface area contributed by atoms with Crippen LogP contribution in [0.15, 0.2) is 48.7 Å². The molecule has 0 N–H and O–H groups in total. The van der Waals surface area contributed by atoms with E-state index >= 15 is 0 Å². The van der Waals surface area contributed by atoms with E-state index in [1.807, 2.05) is 0 Å². The van der Waals surface area contributed by atoms with Gasteiger partial charge in [0, 0.05) is 24.2 Å². The molecule has 0 aliphatic carbocycles. The van der Waals surface area contributed by atoms with E-state index in [9.17, 15) is 14.8 Å². The van der Waals surface area contributed by atoms with Gasteiger partial charge in [-0.25, -0.2) is 4.79 Å². The number of hydrogen-bond acceptors (Lipinski definition) is 5. The van der Waals surface area contributed by atoms with Crippen LogP contribution >= 0.6 is 11.6 Å². The standard InChI is InChI=1S/C17H17ClN2O5/c1-19(10-11-24-14-7-5-13(18)6-8-14)16(21)12-25-17(22)15-4-2-3-9-20(15)23/h2-9H,10-12H2,1H3. The van der Waals surface area contributed by atoms with E-state index in [-0.39, 0.29) is 12.3 Å². The average molecular weight is 365 g/mol. The van der Waals surface area contributed by atoms with Crippen LogP contribution in [-0.2, 0) is 9.53 Å². The highest BCUT2D eigenvalue weighted by molar-refractivity contribution is 6.30. The van der Waals surface area contributed by atoms with Crippen LogP contribution in [0.5, 0.6) is 5.75 Å². The van der Waals surface area contributed by atoms with Gasteiger partial charge < -0.3 is 19.6 Å². The smallest absolute Gasteiger partial charge is 0.405 e. The van der Waals surface area contributed by atoms with Crippen molar-refractivity contribution >= 4 is 23.5 Å². The summed E-state index contributed by atoms with van der Waals surface area (Å²) in [6.45, 7) is 0.133. The molecule has 1 amide bonds. The van der Waals surface area contributed by atoms with Crippen molar-refractivity contribution in [2.45, 2.75) is 0 Å². The second-order valence-corrected chi connectivity index (χ2v) is 5.54. The van der Waals surface area contributed by atoms with E-state index in [1.54, 1.807) is 31.3 Å². The van der Waals surface area contributed by atoms with Crippen LogP contribution in [0.1, 0.15) is 10.5 Å². The van der Waals surface area contributed by atoms with E-state index in [0.29, 0.717) is 22.0 Å². The quantitative estimate of drug-likeness (QED) is 0.424. The number of rotatable bonds is 7. The first kappa shape index (κ1) is 18.5. The monoisotopic (exact) mass is 364 g/mol. The lowest BCUT2D eigenvalue weighted by Crippen LogP contribution is -2.37. The van der Waals surface area contributed by atoms with Gasteiger partial charge in [-0.05, 0) is 30.3 Å². The fourth-order valence-corrected chi connectivity index (χ4v) is 1.98. The largest absolute Gasteiger partial charge is 0.618 e. The van der Waals surface area contributed by atoms with Gasteiger partial charge in [-0.1, -0.05) is 11.6 Å². The minimum atomic E-state index is -0.852. The molecule has 0 bridgehead atoms. The Bertz CT molecular complexity index is 736. The van der Waals surface area contributed by atoms with Crippen molar-refractivity contribution in [1.29, 1.82) is 0 Å². The Hall–Kier alpha value is -2.80. The van der Waals surface area contributed by atoms with Crippen LogP contribution in [0.3, 0.4) is 0 Å². The number of esters is 1. The van der Waals surface area contributed by atoms with E-state index in [1.165, 1.54) is 29.3 Å². The maximum Gasteiger partial charge on any atom is 0.405 e. The summed E-state index contributed by atoms with van der Waals surface area (Å²) >= 11 is 5.78. The highest BCUT2D eigenvalue weighted by atomic mass is 35.5. The van der Waals surface area contributed by atoms with Crippen molar-refractivity contribution in [3.8, 4) is 5.75 Å². The van der Waals surface area contributed by atoms with Gasteiger partial charge in [-0.3, -0.25) is 4.79 Å².